The van der Waals surface area contributed by atoms with Gasteiger partial charge in [-0.25, -0.2) is 13.2 Å². The standard InChI is InChI=1S/C9H7ClF3NO/c1-14(7(15)4-10)6-3-2-5(11)8(12)9(6)13/h2-3H,4H2,1H3. The number of hydrogen-bond donors (Lipinski definition) is 0. The molecule has 6 heteroatoms. The summed E-state index contributed by atoms with van der Waals surface area (Å²) < 4.78 is 38.5. The first kappa shape index (κ1) is 11.8. The molecule has 1 aromatic rings. The minimum atomic E-state index is -1.61. The van der Waals surface area contributed by atoms with Crippen molar-refractivity contribution < 1.29 is 18.0 Å². The van der Waals surface area contributed by atoms with Crippen molar-refractivity contribution in [1.82, 2.24) is 0 Å². The predicted octanol–water partition coefficient (Wildman–Crippen LogP) is 2.31. The number of amides is 1. The van der Waals surface area contributed by atoms with Crippen molar-refractivity contribution in [3.05, 3.63) is 29.6 Å². The lowest BCUT2D eigenvalue weighted by atomic mass is 10.2. The average molecular weight is 238 g/mol. The monoisotopic (exact) mass is 237 g/mol. The lowest BCUT2D eigenvalue weighted by molar-refractivity contribution is -0.116. The molecule has 1 rings (SSSR count). The molecule has 0 aliphatic heterocycles. The van der Waals surface area contributed by atoms with Gasteiger partial charge in [-0.1, -0.05) is 0 Å². The van der Waals surface area contributed by atoms with Crippen molar-refractivity contribution in [3.8, 4) is 0 Å². The summed E-state index contributed by atoms with van der Waals surface area (Å²) >= 11 is 5.24. The summed E-state index contributed by atoms with van der Waals surface area (Å²) in [5, 5.41) is 0. The van der Waals surface area contributed by atoms with Crippen LogP contribution in [0.4, 0.5) is 18.9 Å². The maximum Gasteiger partial charge on any atom is 0.241 e. The zero-order valence-electron chi connectivity index (χ0n) is 7.73. The van der Waals surface area contributed by atoms with Gasteiger partial charge in [-0.05, 0) is 12.1 Å². The lowest BCUT2D eigenvalue weighted by Gasteiger charge is -2.16. The third kappa shape index (κ3) is 2.23. The van der Waals surface area contributed by atoms with E-state index < -0.39 is 23.4 Å². The fourth-order valence-corrected chi connectivity index (χ4v) is 1.18. The highest BCUT2D eigenvalue weighted by molar-refractivity contribution is 6.29. The summed E-state index contributed by atoms with van der Waals surface area (Å²) in [7, 11) is 1.22. The molecule has 2 nitrogen and oxygen atoms in total. The third-order valence-corrected chi connectivity index (χ3v) is 2.09. The van der Waals surface area contributed by atoms with Gasteiger partial charge < -0.3 is 4.90 Å². The van der Waals surface area contributed by atoms with Crippen LogP contribution >= 0.6 is 11.6 Å². The molecule has 0 aromatic heterocycles. The van der Waals surface area contributed by atoms with Gasteiger partial charge in [0.1, 0.15) is 5.88 Å². The van der Waals surface area contributed by atoms with E-state index in [1.165, 1.54) is 7.05 Å². The molecule has 1 aromatic carbocycles. The van der Waals surface area contributed by atoms with Gasteiger partial charge in [0.2, 0.25) is 5.91 Å². The van der Waals surface area contributed by atoms with Crippen molar-refractivity contribution in [2.24, 2.45) is 0 Å². The van der Waals surface area contributed by atoms with Crippen molar-refractivity contribution in [1.29, 1.82) is 0 Å². The van der Waals surface area contributed by atoms with Gasteiger partial charge in [-0.3, -0.25) is 4.79 Å². The van der Waals surface area contributed by atoms with Gasteiger partial charge >= 0.3 is 0 Å². The van der Waals surface area contributed by atoms with E-state index in [-0.39, 0.29) is 11.6 Å². The Balaban J connectivity index is 3.16. The van der Waals surface area contributed by atoms with E-state index in [2.05, 4.69) is 0 Å². The van der Waals surface area contributed by atoms with Crippen LogP contribution in [0, 0.1) is 17.5 Å². The minimum absolute atomic E-state index is 0.348. The molecule has 0 N–H and O–H groups in total. The van der Waals surface area contributed by atoms with Crippen LogP contribution in [-0.4, -0.2) is 18.8 Å². The van der Waals surface area contributed by atoms with E-state index in [1.807, 2.05) is 0 Å². The minimum Gasteiger partial charge on any atom is -0.312 e. The van der Waals surface area contributed by atoms with E-state index in [4.69, 9.17) is 11.6 Å². The first-order chi connectivity index (χ1) is 6.99. The van der Waals surface area contributed by atoms with E-state index >= 15 is 0 Å². The predicted molar refractivity (Wildman–Crippen MR) is 50.4 cm³/mol. The largest absolute Gasteiger partial charge is 0.312 e. The van der Waals surface area contributed by atoms with Crippen LogP contribution in [0.1, 0.15) is 0 Å². The number of alkyl halides is 1. The molecule has 82 valence electrons. The van der Waals surface area contributed by atoms with E-state index in [1.54, 1.807) is 0 Å². The molecule has 0 atom stereocenters. The van der Waals surface area contributed by atoms with Gasteiger partial charge in [0.25, 0.3) is 0 Å². The fraction of sp³-hybridized carbons (Fsp3) is 0.222. The second-order valence-electron chi connectivity index (χ2n) is 2.78. The van der Waals surface area contributed by atoms with Crippen LogP contribution < -0.4 is 4.90 Å². The molecule has 0 fully saturated rings. The molecule has 0 bridgehead atoms. The molecule has 0 unspecified atom stereocenters. The highest BCUT2D eigenvalue weighted by atomic mass is 35.5. The number of rotatable bonds is 2. The van der Waals surface area contributed by atoms with Crippen LogP contribution in [-0.2, 0) is 4.79 Å². The van der Waals surface area contributed by atoms with Gasteiger partial charge in [-0.2, -0.15) is 0 Å². The molecule has 0 radical (unpaired) electrons. The fourth-order valence-electron chi connectivity index (χ4n) is 0.999. The van der Waals surface area contributed by atoms with Crippen LogP contribution in [0.2, 0.25) is 0 Å². The summed E-state index contributed by atoms with van der Waals surface area (Å²) in [6.07, 6.45) is 0. The second-order valence-corrected chi connectivity index (χ2v) is 3.05. The first-order valence-corrected chi connectivity index (χ1v) is 4.48. The first-order valence-electron chi connectivity index (χ1n) is 3.95. The molecule has 0 saturated carbocycles. The Labute approximate surface area is 89.2 Å². The van der Waals surface area contributed by atoms with Crippen LogP contribution in [0.3, 0.4) is 0 Å². The van der Waals surface area contributed by atoms with Crippen molar-refractivity contribution in [3.63, 3.8) is 0 Å². The van der Waals surface area contributed by atoms with Crippen LogP contribution in [0.25, 0.3) is 0 Å². The molecule has 0 heterocycles. The summed E-state index contributed by atoms with van der Waals surface area (Å²) in [6.45, 7) is 0. The summed E-state index contributed by atoms with van der Waals surface area (Å²) in [6, 6.07) is 1.71. The normalized spacial score (nSPS) is 10.2. The quantitative estimate of drug-likeness (QED) is 0.571. The molecule has 0 aliphatic carbocycles. The number of benzene rings is 1. The van der Waals surface area contributed by atoms with Gasteiger partial charge in [0.05, 0.1) is 5.69 Å². The Hall–Kier alpha value is -1.23. The van der Waals surface area contributed by atoms with Crippen LogP contribution in [0.5, 0.6) is 0 Å². The molecule has 15 heavy (non-hydrogen) atoms. The molecular formula is C9H7ClF3NO. The lowest BCUT2D eigenvalue weighted by Crippen LogP contribution is -2.28. The van der Waals surface area contributed by atoms with E-state index in [9.17, 15) is 18.0 Å². The van der Waals surface area contributed by atoms with Gasteiger partial charge in [0, 0.05) is 7.05 Å². The summed E-state index contributed by atoms with van der Waals surface area (Å²) in [5.74, 6) is -5.29. The van der Waals surface area contributed by atoms with Gasteiger partial charge in [-0.15, -0.1) is 11.6 Å². The third-order valence-electron chi connectivity index (χ3n) is 1.86. The number of nitrogens with zero attached hydrogens (tertiary/aromatic N) is 1. The Bertz CT molecular complexity index is 397. The number of carbonyl (C=O) groups excluding carboxylic acids is 1. The Morgan fingerprint density at radius 2 is 1.93 bits per heavy atom. The molecule has 0 aliphatic rings. The Morgan fingerprint density at radius 1 is 1.33 bits per heavy atom. The number of anilines is 1. The smallest absolute Gasteiger partial charge is 0.241 e. The topological polar surface area (TPSA) is 20.3 Å². The average Bonchev–Trinajstić information content (AvgIpc) is 2.24. The zero-order chi connectivity index (χ0) is 11.6. The maximum atomic E-state index is 13.2. The van der Waals surface area contributed by atoms with E-state index in [0.717, 1.165) is 17.0 Å². The SMILES string of the molecule is CN(C(=O)CCl)c1ccc(F)c(F)c1F. The van der Waals surface area contributed by atoms with Crippen molar-refractivity contribution in [2.45, 2.75) is 0 Å². The number of halogens is 4. The Kier molecular flexibility index (Phi) is 3.57. The molecule has 1 amide bonds. The van der Waals surface area contributed by atoms with Gasteiger partial charge in [0.15, 0.2) is 17.5 Å². The van der Waals surface area contributed by atoms with E-state index in [0.29, 0.717) is 0 Å². The zero-order valence-corrected chi connectivity index (χ0v) is 8.49. The summed E-state index contributed by atoms with van der Waals surface area (Å²) in [5.41, 5.74) is -0.348. The molecule has 0 saturated heterocycles. The van der Waals surface area contributed by atoms with Crippen molar-refractivity contribution in [2.75, 3.05) is 17.8 Å². The maximum absolute atomic E-state index is 13.2. The summed E-state index contributed by atoms with van der Waals surface area (Å²) in [4.78, 5) is 11.9. The molecule has 0 spiro atoms. The number of hydrogen-bond acceptors (Lipinski definition) is 1. The highest BCUT2D eigenvalue weighted by Crippen LogP contribution is 2.22. The molecular weight excluding hydrogens is 231 g/mol. The highest BCUT2D eigenvalue weighted by Gasteiger charge is 2.19. The second kappa shape index (κ2) is 4.53. The van der Waals surface area contributed by atoms with Crippen LogP contribution in [0.15, 0.2) is 12.1 Å². The van der Waals surface area contributed by atoms with Crippen molar-refractivity contribution >= 4 is 23.2 Å². The number of carbonyl (C=O) groups is 1. The Morgan fingerprint density at radius 3 is 2.47 bits per heavy atom.